The molecule has 0 saturated heterocycles. The molecule has 5 aliphatic rings. The Morgan fingerprint density at radius 3 is 0.317 bits per heavy atom. The van der Waals surface area contributed by atoms with Gasteiger partial charge in [-0.2, -0.15) is 0 Å². The van der Waals surface area contributed by atoms with Gasteiger partial charge >= 0.3 is 5.97 Å². The molecular formula is C78H154O4. The Kier molecular flexibility index (Phi) is 71.8. The minimum Gasteiger partial charge on any atom is -0.478 e. The highest BCUT2D eigenvalue weighted by atomic mass is 16.5. The van der Waals surface area contributed by atoms with Crippen molar-refractivity contribution in [3.05, 3.63) is 12.7 Å². The van der Waals surface area contributed by atoms with E-state index in [-0.39, 0.29) is 0 Å². The second-order valence-electron chi connectivity index (χ2n) is 27.5. The number of rotatable bonds is 1. The van der Waals surface area contributed by atoms with E-state index in [0.29, 0.717) is 12.8 Å². The van der Waals surface area contributed by atoms with Crippen LogP contribution in [-0.2, 0) is 4.79 Å². The highest BCUT2D eigenvalue weighted by Crippen LogP contribution is 2.24. The zero-order valence-electron chi connectivity index (χ0n) is 56.4. The van der Waals surface area contributed by atoms with Gasteiger partial charge in [0.15, 0.2) is 5.79 Å². The Bertz CT molecular complexity index is 793. The molecule has 0 aliphatic heterocycles. The van der Waals surface area contributed by atoms with Crippen molar-refractivity contribution in [2.24, 2.45) is 0 Å². The topological polar surface area (TPSA) is 77.8 Å². The summed E-state index contributed by atoms with van der Waals surface area (Å²) in [6, 6.07) is 0. The van der Waals surface area contributed by atoms with Crippen molar-refractivity contribution in [3.8, 4) is 0 Å². The van der Waals surface area contributed by atoms with Gasteiger partial charge < -0.3 is 15.3 Å². The lowest BCUT2D eigenvalue weighted by molar-refractivity contribution is -0.172. The van der Waals surface area contributed by atoms with Crippen molar-refractivity contribution in [2.45, 2.75) is 481 Å². The normalized spacial score (nSPS) is 23.3. The lowest BCUT2D eigenvalue weighted by atomic mass is 10.00. The first kappa shape index (κ1) is 81.1. The van der Waals surface area contributed by atoms with Crippen LogP contribution in [0, 0.1) is 0 Å². The summed E-state index contributed by atoms with van der Waals surface area (Å²) in [5.74, 6) is -2.37. The van der Waals surface area contributed by atoms with Gasteiger partial charge in [0.05, 0.1) is 0 Å². The maximum atomic E-state index is 9.80. The standard InChI is InChI=1S/C15H30O2.4C15H30.C3H4O2/c16-15(17)13-11-9-7-5-3-1-2-4-6-8-10-12-14-15;4*1-2-4-6-8-10-12-14-15-13-11-9-7-5-3-1;1-2-3(4)5/h16-17H,1-14H2;4*1-15H2;2H,1H2,(H,4,5). The van der Waals surface area contributed by atoms with Crippen molar-refractivity contribution in [2.75, 3.05) is 0 Å². The first-order chi connectivity index (χ1) is 40.5. The average Bonchev–Trinajstić information content (AvgIpc) is 3.52. The summed E-state index contributed by atoms with van der Waals surface area (Å²) >= 11 is 0. The fraction of sp³-hybridized carbons (Fsp3) is 0.962. The number of carboxylic acid groups (broad SMARTS) is 1. The lowest BCUT2D eigenvalue weighted by Crippen LogP contribution is -2.27. The first-order valence-corrected chi connectivity index (χ1v) is 38.8. The minimum absolute atomic E-state index is 0.562. The third-order valence-corrected chi connectivity index (χ3v) is 19.1. The third kappa shape index (κ3) is 75.2. The van der Waals surface area contributed by atoms with Crippen LogP contribution in [0.3, 0.4) is 0 Å². The van der Waals surface area contributed by atoms with E-state index < -0.39 is 11.8 Å². The summed E-state index contributed by atoms with van der Waals surface area (Å²) in [5, 5.41) is 27.2. The molecule has 5 fully saturated rings. The number of carboxylic acids is 1. The van der Waals surface area contributed by atoms with Crippen LogP contribution in [0.15, 0.2) is 12.7 Å². The zero-order valence-corrected chi connectivity index (χ0v) is 56.4. The van der Waals surface area contributed by atoms with E-state index in [1.165, 1.54) is 437 Å². The maximum absolute atomic E-state index is 9.80. The van der Waals surface area contributed by atoms with Crippen molar-refractivity contribution in [3.63, 3.8) is 0 Å². The molecule has 5 saturated carbocycles. The molecule has 0 aromatic heterocycles. The van der Waals surface area contributed by atoms with E-state index in [1.807, 2.05) is 0 Å². The van der Waals surface area contributed by atoms with Gasteiger partial charge in [0, 0.05) is 18.9 Å². The van der Waals surface area contributed by atoms with Crippen LogP contribution in [0.25, 0.3) is 0 Å². The van der Waals surface area contributed by atoms with Crippen LogP contribution in [0.2, 0.25) is 0 Å². The Labute approximate surface area is 517 Å². The predicted octanol–water partition coefficient (Wildman–Crippen LogP) is 27.8. The van der Waals surface area contributed by atoms with E-state index in [2.05, 4.69) is 6.58 Å². The minimum atomic E-state index is -1.39. The van der Waals surface area contributed by atoms with Crippen molar-refractivity contribution < 1.29 is 20.1 Å². The highest BCUT2D eigenvalue weighted by molar-refractivity contribution is 5.78. The van der Waals surface area contributed by atoms with Gasteiger partial charge in [-0.25, -0.2) is 4.79 Å². The molecule has 5 rings (SSSR count). The largest absolute Gasteiger partial charge is 0.478 e. The number of aliphatic carboxylic acids is 1. The monoisotopic (exact) mass is 1160 g/mol. The molecule has 0 amide bonds. The summed E-state index contributed by atoms with van der Waals surface area (Å²) in [6.45, 7) is 2.96. The predicted molar refractivity (Wildman–Crippen MR) is 367 cm³/mol. The van der Waals surface area contributed by atoms with Crippen LogP contribution in [0.5, 0.6) is 0 Å². The smallest absolute Gasteiger partial charge is 0.327 e. The third-order valence-electron chi connectivity index (χ3n) is 19.1. The van der Waals surface area contributed by atoms with E-state index in [4.69, 9.17) is 5.11 Å². The molecule has 490 valence electrons. The number of hydrogen-bond donors (Lipinski definition) is 3. The molecule has 0 atom stereocenters. The molecule has 0 radical (unpaired) electrons. The van der Waals surface area contributed by atoms with Gasteiger partial charge in [0.2, 0.25) is 0 Å². The van der Waals surface area contributed by atoms with Gasteiger partial charge in [-0.15, -0.1) is 0 Å². The van der Waals surface area contributed by atoms with Crippen LogP contribution < -0.4 is 0 Å². The first-order valence-electron chi connectivity index (χ1n) is 38.8. The SMILES string of the molecule is C1CCCCCCCCCCCCCC1.C1CCCCCCCCCCCCCC1.C1CCCCCCCCCCCCCC1.C1CCCCCCCCCCCCCC1.C=CC(=O)O.OC1(O)CCCCCCCCCCCCCC1. The highest BCUT2D eigenvalue weighted by Gasteiger charge is 2.21. The van der Waals surface area contributed by atoms with Crippen molar-refractivity contribution in [1.82, 2.24) is 0 Å². The van der Waals surface area contributed by atoms with Crippen molar-refractivity contribution in [1.29, 1.82) is 0 Å². The molecule has 0 unspecified atom stereocenters. The second kappa shape index (κ2) is 72.6. The quantitative estimate of drug-likeness (QED) is 0.181. The molecule has 0 aromatic carbocycles. The number of aliphatic hydroxyl groups is 2. The molecule has 0 bridgehead atoms. The fourth-order valence-electron chi connectivity index (χ4n) is 13.3. The number of carbonyl (C=O) groups is 1. The molecule has 82 heavy (non-hydrogen) atoms. The van der Waals surface area contributed by atoms with Crippen LogP contribution in [0.4, 0.5) is 0 Å². The molecule has 3 N–H and O–H groups in total. The van der Waals surface area contributed by atoms with Gasteiger partial charge in [0.25, 0.3) is 0 Å². The fourth-order valence-corrected chi connectivity index (χ4v) is 13.3. The molecule has 0 spiro atoms. The molecular weight excluding hydrogens is 1000 g/mol. The number of hydrogen-bond acceptors (Lipinski definition) is 3. The Morgan fingerprint density at radius 1 is 0.195 bits per heavy atom. The van der Waals surface area contributed by atoms with Gasteiger partial charge in [-0.1, -0.05) is 456 Å². The summed E-state index contributed by atoms with van der Waals surface area (Å²) in [6.07, 6.45) is 107. The van der Waals surface area contributed by atoms with Gasteiger partial charge in [0.1, 0.15) is 0 Å². The van der Waals surface area contributed by atoms with Gasteiger partial charge in [-0.3, -0.25) is 0 Å². The van der Waals surface area contributed by atoms with Crippen molar-refractivity contribution >= 4 is 5.97 Å². The van der Waals surface area contributed by atoms with E-state index in [9.17, 15) is 15.0 Å². The second-order valence-corrected chi connectivity index (χ2v) is 27.5. The molecule has 0 aromatic rings. The lowest BCUT2D eigenvalue weighted by Gasteiger charge is -2.21. The summed E-state index contributed by atoms with van der Waals surface area (Å²) in [5.41, 5.74) is 0. The zero-order chi connectivity index (χ0) is 59.1. The van der Waals surface area contributed by atoms with E-state index in [1.54, 1.807) is 0 Å². The average molecular weight is 1160 g/mol. The maximum Gasteiger partial charge on any atom is 0.327 e. The molecule has 4 heteroatoms. The Balaban J connectivity index is 0.000000979. The summed E-state index contributed by atoms with van der Waals surface area (Å²) in [7, 11) is 0. The van der Waals surface area contributed by atoms with E-state index in [0.717, 1.165) is 31.8 Å². The van der Waals surface area contributed by atoms with E-state index >= 15 is 0 Å². The van der Waals surface area contributed by atoms with Crippen LogP contribution in [0.1, 0.15) is 475 Å². The summed E-state index contributed by atoms with van der Waals surface area (Å²) < 4.78 is 0. The Hall–Kier alpha value is -0.870. The summed E-state index contributed by atoms with van der Waals surface area (Å²) in [4.78, 5) is 9.25. The molecule has 5 aliphatic carbocycles. The molecule has 0 heterocycles. The van der Waals surface area contributed by atoms with Crippen LogP contribution >= 0.6 is 0 Å². The van der Waals surface area contributed by atoms with Crippen LogP contribution in [-0.4, -0.2) is 27.1 Å². The Morgan fingerprint density at radius 2 is 0.256 bits per heavy atom. The van der Waals surface area contributed by atoms with Gasteiger partial charge in [-0.05, 0) is 12.8 Å². The molecule has 4 nitrogen and oxygen atoms in total.